The molecule has 0 saturated carbocycles. The second kappa shape index (κ2) is 5.48. The van der Waals surface area contributed by atoms with Gasteiger partial charge in [0.1, 0.15) is 5.82 Å². The van der Waals surface area contributed by atoms with Gasteiger partial charge in [-0.05, 0) is 25.1 Å². The van der Waals surface area contributed by atoms with Crippen molar-refractivity contribution in [2.24, 2.45) is 12.8 Å². The summed E-state index contributed by atoms with van der Waals surface area (Å²) in [7, 11) is 2.02. The molecular formula is C16H24N4O. The van der Waals surface area contributed by atoms with E-state index < -0.39 is 0 Å². The first-order valence-corrected chi connectivity index (χ1v) is 7.21. The average Bonchev–Trinajstić information content (AvgIpc) is 2.65. The molecule has 0 aliphatic carbocycles. The molecule has 0 saturated heterocycles. The average molecular weight is 288 g/mol. The highest BCUT2D eigenvalue weighted by Gasteiger charge is 2.21. The molecule has 0 aliphatic heterocycles. The molecule has 0 spiro atoms. The summed E-state index contributed by atoms with van der Waals surface area (Å²) in [6.45, 7) is 8.23. The van der Waals surface area contributed by atoms with Crippen molar-refractivity contribution < 1.29 is 4.79 Å². The largest absolute Gasteiger partial charge is 0.331 e. The number of fused-ring (bicyclic) bond motifs is 1. The summed E-state index contributed by atoms with van der Waals surface area (Å²) in [5, 5.41) is 2.86. The Hall–Kier alpha value is -1.88. The van der Waals surface area contributed by atoms with Crippen LogP contribution in [0.4, 0.5) is 5.69 Å². The molecule has 1 aromatic carbocycles. The standard InChI is InChI=1S/C16H24N4O/c1-10(17)8-14(21)18-11-6-7-13-12(9-11)19-15(20(13)5)16(2,3)4/h6-7,9-10H,8,17H2,1-5H3,(H,18,21). The Morgan fingerprint density at radius 1 is 1.43 bits per heavy atom. The van der Waals surface area contributed by atoms with Crippen LogP contribution in [0.1, 0.15) is 39.9 Å². The molecule has 0 fully saturated rings. The molecule has 1 atom stereocenters. The number of imidazole rings is 1. The predicted molar refractivity (Wildman–Crippen MR) is 86.3 cm³/mol. The molecule has 1 aromatic heterocycles. The molecule has 5 nitrogen and oxygen atoms in total. The van der Waals surface area contributed by atoms with Crippen molar-refractivity contribution in [3.63, 3.8) is 0 Å². The molecule has 1 heterocycles. The first-order valence-electron chi connectivity index (χ1n) is 7.21. The van der Waals surface area contributed by atoms with E-state index in [9.17, 15) is 4.79 Å². The molecule has 114 valence electrons. The van der Waals surface area contributed by atoms with Crippen LogP contribution in [0.3, 0.4) is 0 Å². The Balaban J connectivity index is 2.32. The number of anilines is 1. The Kier molecular flexibility index (Phi) is 4.05. The number of carbonyl (C=O) groups is 1. The fourth-order valence-corrected chi connectivity index (χ4v) is 2.45. The molecule has 1 unspecified atom stereocenters. The van der Waals surface area contributed by atoms with Crippen LogP contribution >= 0.6 is 0 Å². The number of aromatic nitrogens is 2. The lowest BCUT2D eigenvalue weighted by atomic mass is 9.96. The molecule has 1 amide bonds. The lowest BCUT2D eigenvalue weighted by Gasteiger charge is -2.17. The molecule has 21 heavy (non-hydrogen) atoms. The number of amides is 1. The van der Waals surface area contributed by atoms with Crippen LogP contribution in [-0.4, -0.2) is 21.5 Å². The van der Waals surface area contributed by atoms with Gasteiger partial charge in [-0.15, -0.1) is 0 Å². The van der Waals surface area contributed by atoms with Gasteiger partial charge in [0, 0.05) is 30.6 Å². The Morgan fingerprint density at radius 3 is 2.67 bits per heavy atom. The number of benzene rings is 1. The van der Waals surface area contributed by atoms with Crippen LogP contribution in [0.25, 0.3) is 11.0 Å². The van der Waals surface area contributed by atoms with Crippen LogP contribution in [0.2, 0.25) is 0 Å². The van der Waals surface area contributed by atoms with E-state index in [1.54, 1.807) is 0 Å². The lowest BCUT2D eigenvalue weighted by molar-refractivity contribution is -0.116. The van der Waals surface area contributed by atoms with Gasteiger partial charge in [0.2, 0.25) is 5.91 Å². The summed E-state index contributed by atoms with van der Waals surface area (Å²) < 4.78 is 2.10. The van der Waals surface area contributed by atoms with Gasteiger partial charge in [-0.25, -0.2) is 4.98 Å². The topological polar surface area (TPSA) is 72.9 Å². The third kappa shape index (κ3) is 3.42. The smallest absolute Gasteiger partial charge is 0.225 e. The SMILES string of the molecule is CC(N)CC(=O)Nc1ccc2c(c1)nc(C(C)(C)C)n2C. The molecule has 3 N–H and O–H groups in total. The number of nitrogens with two attached hydrogens (primary N) is 1. The van der Waals surface area contributed by atoms with Crippen molar-refractivity contribution in [1.29, 1.82) is 0 Å². The van der Waals surface area contributed by atoms with E-state index in [1.807, 2.05) is 32.2 Å². The summed E-state index contributed by atoms with van der Waals surface area (Å²) in [5.74, 6) is 0.952. The highest BCUT2D eigenvalue weighted by Crippen LogP contribution is 2.26. The van der Waals surface area contributed by atoms with E-state index in [4.69, 9.17) is 10.7 Å². The summed E-state index contributed by atoms with van der Waals surface area (Å²) >= 11 is 0. The Bertz CT molecular complexity index is 665. The van der Waals surface area contributed by atoms with Gasteiger partial charge in [-0.2, -0.15) is 0 Å². The highest BCUT2D eigenvalue weighted by molar-refractivity contribution is 5.93. The van der Waals surface area contributed by atoms with E-state index >= 15 is 0 Å². The zero-order valence-corrected chi connectivity index (χ0v) is 13.4. The maximum absolute atomic E-state index is 11.8. The molecular weight excluding hydrogens is 264 g/mol. The van der Waals surface area contributed by atoms with E-state index in [0.29, 0.717) is 6.42 Å². The Labute approximate surface area is 125 Å². The third-order valence-corrected chi connectivity index (χ3v) is 3.34. The number of hydrogen-bond donors (Lipinski definition) is 2. The zero-order valence-electron chi connectivity index (χ0n) is 13.4. The van der Waals surface area contributed by atoms with Gasteiger partial charge >= 0.3 is 0 Å². The van der Waals surface area contributed by atoms with Crippen molar-refractivity contribution in [1.82, 2.24) is 9.55 Å². The van der Waals surface area contributed by atoms with Gasteiger partial charge in [0.25, 0.3) is 0 Å². The minimum atomic E-state index is -0.143. The van der Waals surface area contributed by atoms with E-state index in [1.165, 1.54) is 0 Å². The monoisotopic (exact) mass is 288 g/mol. The van der Waals surface area contributed by atoms with Gasteiger partial charge in [-0.1, -0.05) is 20.8 Å². The fourth-order valence-electron chi connectivity index (χ4n) is 2.45. The fraction of sp³-hybridized carbons (Fsp3) is 0.500. The molecule has 2 aromatic rings. The van der Waals surface area contributed by atoms with E-state index in [2.05, 4.69) is 30.7 Å². The number of nitrogens with one attached hydrogen (secondary N) is 1. The second-order valence-corrected chi connectivity index (χ2v) is 6.68. The van der Waals surface area contributed by atoms with Crippen LogP contribution in [-0.2, 0) is 17.3 Å². The first kappa shape index (κ1) is 15.5. The van der Waals surface area contributed by atoms with Crippen molar-refractivity contribution >= 4 is 22.6 Å². The van der Waals surface area contributed by atoms with Gasteiger partial charge < -0.3 is 15.6 Å². The van der Waals surface area contributed by atoms with Gasteiger partial charge in [-0.3, -0.25) is 4.79 Å². The molecule has 0 bridgehead atoms. The molecule has 0 aliphatic rings. The van der Waals surface area contributed by atoms with Crippen molar-refractivity contribution in [2.75, 3.05) is 5.32 Å². The molecule has 5 heteroatoms. The van der Waals surface area contributed by atoms with Gasteiger partial charge in [0.05, 0.1) is 11.0 Å². The number of carbonyl (C=O) groups excluding carboxylic acids is 1. The van der Waals surface area contributed by atoms with Crippen molar-refractivity contribution in [3.8, 4) is 0 Å². The highest BCUT2D eigenvalue weighted by atomic mass is 16.1. The van der Waals surface area contributed by atoms with Crippen molar-refractivity contribution in [3.05, 3.63) is 24.0 Å². The quantitative estimate of drug-likeness (QED) is 0.911. The van der Waals surface area contributed by atoms with Crippen LogP contribution in [0, 0.1) is 0 Å². The van der Waals surface area contributed by atoms with Gasteiger partial charge in [0.15, 0.2) is 0 Å². The number of nitrogens with zero attached hydrogens (tertiary/aromatic N) is 2. The summed E-state index contributed by atoms with van der Waals surface area (Å²) in [6.07, 6.45) is 0.313. The number of hydrogen-bond acceptors (Lipinski definition) is 3. The van der Waals surface area contributed by atoms with Crippen LogP contribution in [0.5, 0.6) is 0 Å². The molecule has 2 rings (SSSR count). The minimum Gasteiger partial charge on any atom is -0.331 e. The summed E-state index contributed by atoms with van der Waals surface area (Å²) in [6, 6.07) is 5.65. The normalized spacial score (nSPS) is 13.4. The summed E-state index contributed by atoms with van der Waals surface area (Å²) in [4.78, 5) is 16.5. The Morgan fingerprint density at radius 2 is 2.10 bits per heavy atom. The maximum Gasteiger partial charge on any atom is 0.225 e. The first-order chi connectivity index (χ1) is 9.68. The van der Waals surface area contributed by atoms with E-state index in [0.717, 1.165) is 22.5 Å². The predicted octanol–water partition coefficient (Wildman–Crippen LogP) is 2.55. The zero-order chi connectivity index (χ0) is 15.8. The lowest BCUT2D eigenvalue weighted by Crippen LogP contribution is -2.23. The number of rotatable bonds is 3. The second-order valence-electron chi connectivity index (χ2n) is 6.68. The number of aryl methyl sites for hydroxylation is 1. The van der Waals surface area contributed by atoms with E-state index in [-0.39, 0.29) is 17.4 Å². The van der Waals surface area contributed by atoms with Crippen LogP contribution < -0.4 is 11.1 Å². The summed E-state index contributed by atoms with van der Waals surface area (Å²) in [5.41, 5.74) is 8.32. The minimum absolute atomic E-state index is 0.0217. The molecule has 0 radical (unpaired) electrons. The van der Waals surface area contributed by atoms with Crippen molar-refractivity contribution in [2.45, 2.75) is 45.6 Å². The maximum atomic E-state index is 11.8. The van der Waals surface area contributed by atoms with Crippen LogP contribution in [0.15, 0.2) is 18.2 Å². The third-order valence-electron chi connectivity index (χ3n) is 3.34.